The number of halogens is 1. The molecule has 0 aliphatic heterocycles. The third-order valence-electron chi connectivity index (χ3n) is 3.90. The summed E-state index contributed by atoms with van der Waals surface area (Å²) in [5, 5.41) is 2.52. The number of pyridine rings is 2. The first-order chi connectivity index (χ1) is 12.5. The average Bonchev–Trinajstić information content (AvgIpc) is 2.65. The summed E-state index contributed by atoms with van der Waals surface area (Å²) in [5.41, 5.74) is 9.80. The first-order valence-electron chi connectivity index (χ1n) is 7.80. The highest BCUT2D eigenvalue weighted by molar-refractivity contribution is 5.84. The second-order valence-corrected chi connectivity index (χ2v) is 5.70. The van der Waals surface area contributed by atoms with Crippen LogP contribution in [0.2, 0.25) is 0 Å². The number of amides is 1. The van der Waals surface area contributed by atoms with Crippen molar-refractivity contribution in [2.75, 3.05) is 18.2 Å². The fourth-order valence-corrected chi connectivity index (χ4v) is 2.58. The number of hydrogen-bond donors (Lipinski definition) is 2. The molecule has 3 N–H and O–H groups in total. The Balaban J connectivity index is 1.99. The molecule has 26 heavy (non-hydrogen) atoms. The molecule has 0 atom stereocenters. The number of hydrogen-bond acceptors (Lipinski definition) is 5. The van der Waals surface area contributed by atoms with Gasteiger partial charge in [-0.25, -0.2) is 14.2 Å². The zero-order valence-electron chi connectivity index (χ0n) is 14.3. The van der Waals surface area contributed by atoms with Gasteiger partial charge in [-0.05, 0) is 53.9 Å². The average molecular weight is 352 g/mol. The number of nitrogen functional groups attached to an aromatic ring is 1. The fourth-order valence-electron chi connectivity index (χ4n) is 2.58. The Morgan fingerprint density at radius 1 is 1.15 bits per heavy atom. The van der Waals surface area contributed by atoms with E-state index in [0.29, 0.717) is 5.82 Å². The van der Waals surface area contributed by atoms with Crippen molar-refractivity contribution >= 4 is 17.6 Å². The van der Waals surface area contributed by atoms with Gasteiger partial charge in [0.05, 0.1) is 12.8 Å². The number of anilines is 2. The molecule has 1 amide bonds. The maximum absolute atomic E-state index is 13.6. The Morgan fingerprint density at radius 3 is 2.69 bits per heavy atom. The van der Waals surface area contributed by atoms with Gasteiger partial charge >= 0.3 is 6.09 Å². The van der Waals surface area contributed by atoms with Gasteiger partial charge in [-0.15, -0.1) is 0 Å². The molecule has 1 aromatic carbocycles. The number of methoxy groups -OCH3 is 1. The van der Waals surface area contributed by atoms with Gasteiger partial charge in [-0.1, -0.05) is 0 Å². The topological polar surface area (TPSA) is 90.1 Å². The molecular formula is C19H17FN4O2. The van der Waals surface area contributed by atoms with Gasteiger partial charge in [-0.2, -0.15) is 0 Å². The molecule has 0 saturated carbocycles. The molecule has 0 fully saturated rings. The molecule has 3 rings (SSSR count). The van der Waals surface area contributed by atoms with Crippen LogP contribution in [0.3, 0.4) is 0 Å². The Hall–Kier alpha value is -3.48. The number of carbonyl (C=O) groups is 1. The van der Waals surface area contributed by atoms with E-state index >= 15 is 0 Å². The minimum absolute atomic E-state index is 0.0875. The van der Waals surface area contributed by atoms with Crippen LogP contribution in [0, 0.1) is 12.7 Å². The molecule has 6 nitrogen and oxygen atoms in total. The number of rotatable bonds is 3. The zero-order chi connectivity index (χ0) is 18.7. The number of aromatic nitrogens is 2. The number of ether oxygens (including phenoxy) is 1. The third kappa shape index (κ3) is 3.61. The highest BCUT2D eigenvalue weighted by Crippen LogP contribution is 2.30. The van der Waals surface area contributed by atoms with E-state index < -0.39 is 11.9 Å². The van der Waals surface area contributed by atoms with Crippen molar-refractivity contribution in [2.45, 2.75) is 6.92 Å². The van der Waals surface area contributed by atoms with Crippen molar-refractivity contribution in [1.29, 1.82) is 0 Å². The molecule has 0 unspecified atom stereocenters. The monoisotopic (exact) mass is 352 g/mol. The molecule has 0 bridgehead atoms. The number of nitrogens with one attached hydrogen (secondary N) is 1. The first kappa shape index (κ1) is 17.3. The van der Waals surface area contributed by atoms with Crippen LogP contribution >= 0.6 is 0 Å². The Morgan fingerprint density at radius 2 is 1.92 bits per heavy atom. The minimum Gasteiger partial charge on any atom is -0.453 e. The Kier molecular flexibility index (Phi) is 4.79. The number of carbonyl (C=O) groups excluding carboxylic acids is 1. The van der Waals surface area contributed by atoms with E-state index in [1.54, 1.807) is 36.8 Å². The number of benzene rings is 1. The van der Waals surface area contributed by atoms with Gasteiger partial charge in [0.1, 0.15) is 11.6 Å². The van der Waals surface area contributed by atoms with Crippen molar-refractivity contribution < 1.29 is 13.9 Å². The van der Waals surface area contributed by atoms with E-state index in [4.69, 9.17) is 5.73 Å². The van der Waals surface area contributed by atoms with Gasteiger partial charge in [0.15, 0.2) is 0 Å². The maximum Gasteiger partial charge on any atom is 0.412 e. The summed E-state index contributed by atoms with van der Waals surface area (Å²) in [4.78, 5) is 19.7. The van der Waals surface area contributed by atoms with Crippen LogP contribution in [0.15, 0.2) is 48.9 Å². The molecule has 0 aliphatic carbocycles. The second kappa shape index (κ2) is 7.18. The smallest absolute Gasteiger partial charge is 0.412 e. The van der Waals surface area contributed by atoms with Crippen molar-refractivity contribution in [2.24, 2.45) is 0 Å². The van der Waals surface area contributed by atoms with Crippen molar-refractivity contribution in [3.63, 3.8) is 0 Å². The summed E-state index contributed by atoms with van der Waals surface area (Å²) < 4.78 is 18.2. The predicted molar refractivity (Wildman–Crippen MR) is 98.0 cm³/mol. The standard InChI is InChI=1S/C19H17FN4O2/c1-11-5-16(20)17(21)8-15(11)14-6-13(9-22-10-14)12-3-4-23-18(7-12)24-19(25)26-2/h3-10H,21H2,1-2H3,(H,23,24,25). The van der Waals surface area contributed by atoms with Crippen LogP contribution in [-0.2, 0) is 4.74 Å². The lowest BCUT2D eigenvalue weighted by molar-refractivity contribution is 0.187. The summed E-state index contributed by atoms with van der Waals surface area (Å²) in [6.07, 6.45) is 4.37. The highest BCUT2D eigenvalue weighted by Gasteiger charge is 2.10. The zero-order valence-corrected chi connectivity index (χ0v) is 14.3. The van der Waals surface area contributed by atoms with Gasteiger partial charge in [0, 0.05) is 29.7 Å². The second-order valence-electron chi connectivity index (χ2n) is 5.70. The fraction of sp³-hybridized carbons (Fsp3) is 0.105. The van der Waals surface area contributed by atoms with E-state index in [2.05, 4.69) is 20.0 Å². The van der Waals surface area contributed by atoms with Gasteiger partial charge in [0.2, 0.25) is 0 Å². The van der Waals surface area contributed by atoms with Crippen LogP contribution in [0.1, 0.15) is 5.56 Å². The molecule has 7 heteroatoms. The molecule has 0 saturated heterocycles. The van der Waals surface area contributed by atoms with Crippen LogP contribution in [0.5, 0.6) is 0 Å². The first-order valence-corrected chi connectivity index (χ1v) is 7.80. The lowest BCUT2D eigenvalue weighted by Crippen LogP contribution is -2.11. The molecule has 2 heterocycles. The predicted octanol–water partition coefficient (Wildman–Crippen LogP) is 4.02. The largest absolute Gasteiger partial charge is 0.453 e. The number of nitrogens with two attached hydrogens (primary N) is 1. The van der Waals surface area contributed by atoms with Crippen molar-refractivity contribution in [3.8, 4) is 22.3 Å². The lowest BCUT2D eigenvalue weighted by atomic mass is 9.98. The van der Waals surface area contributed by atoms with E-state index in [1.165, 1.54) is 13.2 Å². The van der Waals surface area contributed by atoms with E-state index in [-0.39, 0.29) is 5.69 Å². The Labute approximate surface area is 149 Å². The number of aryl methyl sites for hydroxylation is 1. The molecule has 0 aliphatic rings. The van der Waals surface area contributed by atoms with Gasteiger partial charge in [0.25, 0.3) is 0 Å². The highest BCUT2D eigenvalue weighted by atomic mass is 19.1. The third-order valence-corrected chi connectivity index (χ3v) is 3.90. The Bertz CT molecular complexity index is 976. The SMILES string of the molecule is COC(=O)Nc1cc(-c2cncc(-c3cc(N)c(F)cc3C)c2)ccn1. The molecule has 0 radical (unpaired) electrons. The van der Waals surface area contributed by atoms with Crippen LogP contribution in [-0.4, -0.2) is 23.2 Å². The van der Waals surface area contributed by atoms with Crippen LogP contribution in [0.4, 0.5) is 20.7 Å². The summed E-state index contributed by atoms with van der Waals surface area (Å²) in [7, 11) is 1.28. The number of nitrogens with zero attached hydrogens (tertiary/aromatic N) is 2. The quantitative estimate of drug-likeness (QED) is 0.695. The minimum atomic E-state index is -0.598. The van der Waals surface area contributed by atoms with Crippen LogP contribution in [0.25, 0.3) is 22.3 Å². The van der Waals surface area contributed by atoms with Crippen LogP contribution < -0.4 is 11.1 Å². The molecule has 0 spiro atoms. The summed E-state index contributed by atoms with van der Waals surface area (Å²) in [6, 6.07) is 8.44. The molecule has 132 valence electrons. The summed E-state index contributed by atoms with van der Waals surface area (Å²) in [6.45, 7) is 1.81. The molecular weight excluding hydrogens is 335 g/mol. The maximum atomic E-state index is 13.6. The van der Waals surface area contributed by atoms with E-state index in [9.17, 15) is 9.18 Å². The van der Waals surface area contributed by atoms with Crippen molar-refractivity contribution in [3.05, 3.63) is 60.3 Å². The summed E-state index contributed by atoms with van der Waals surface area (Å²) >= 11 is 0. The summed E-state index contributed by atoms with van der Waals surface area (Å²) in [5.74, 6) is -0.0787. The van der Waals surface area contributed by atoms with Gasteiger partial charge in [-0.3, -0.25) is 10.3 Å². The lowest BCUT2D eigenvalue weighted by Gasteiger charge is -2.10. The van der Waals surface area contributed by atoms with Gasteiger partial charge < -0.3 is 10.5 Å². The molecule has 3 aromatic rings. The van der Waals surface area contributed by atoms with E-state index in [1.807, 2.05) is 13.0 Å². The molecule has 2 aromatic heterocycles. The van der Waals surface area contributed by atoms with Crippen molar-refractivity contribution in [1.82, 2.24) is 9.97 Å². The normalized spacial score (nSPS) is 10.4. The van der Waals surface area contributed by atoms with E-state index in [0.717, 1.165) is 27.8 Å².